The highest BCUT2D eigenvalue weighted by molar-refractivity contribution is 7.22. The van der Waals surface area contributed by atoms with Crippen molar-refractivity contribution in [3.8, 4) is 17.1 Å². The molecule has 10 heteroatoms. The van der Waals surface area contributed by atoms with E-state index in [9.17, 15) is 4.39 Å². The molecule has 0 bridgehead atoms. The van der Waals surface area contributed by atoms with Gasteiger partial charge >= 0.3 is 6.01 Å². The second-order valence-corrected chi connectivity index (χ2v) is 8.99. The average molecular weight is 462 g/mol. The molecule has 5 rings (SSSR count). The summed E-state index contributed by atoms with van der Waals surface area (Å²) in [7, 11) is 2.05. The third-order valence-electron chi connectivity index (χ3n) is 5.60. The molecule has 3 heterocycles. The van der Waals surface area contributed by atoms with E-state index >= 15 is 4.39 Å². The Bertz CT molecular complexity index is 1310. The van der Waals surface area contributed by atoms with Gasteiger partial charge in [0.15, 0.2) is 10.9 Å². The maximum absolute atomic E-state index is 15.6. The highest BCUT2D eigenvalue weighted by atomic mass is 35.5. The van der Waals surface area contributed by atoms with Crippen molar-refractivity contribution in [1.29, 1.82) is 0 Å². The van der Waals surface area contributed by atoms with Gasteiger partial charge in [0.25, 0.3) is 0 Å². The first-order chi connectivity index (χ1) is 14.9. The molecule has 0 unspecified atom stereocenters. The summed E-state index contributed by atoms with van der Waals surface area (Å²) < 4.78 is 35.8. The van der Waals surface area contributed by atoms with Crippen LogP contribution < -0.4 is 10.5 Å². The largest absolute Gasteiger partial charge is 0.462 e. The van der Waals surface area contributed by atoms with Crippen LogP contribution in [0.15, 0.2) is 24.4 Å². The number of likely N-dealkylation sites (tertiary alicyclic amines) is 1. The molecule has 0 aliphatic carbocycles. The van der Waals surface area contributed by atoms with Gasteiger partial charge in [0.2, 0.25) is 0 Å². The molecule has 1 aliphatic heterocycles. The van der Waals surface area contributed by atoms with Gasteiger partial charge in [-0.25, -0.2) is 18.7 Å². The van der Waals surface area contributed by atoms with Gasteiger partial charge in [-0.2, -0.15) is 4.98 Å². The van der Waals surface area contributed by atoms with E-state index in [0.717, 1.165) is 30.7 Å². The van der Waals surface area contributed by atoms with E-state index in [1.807, 2.05) is 7.05 Å². The van der Waals surface area contributed by atoms with Crippen LogP contribution in [0.2, 0.25) is 5.02 Å². The number of anilines is 1. The minimum Gasteiger partial charge on any atom is -0.462 e. The molecule has 1 fully saturated rings. The molecule has 160 valence electrons. The number of rotatable bonds is 4. The van der Waals surface area contributed by atoms with Crippen LogP contribution in [0.3, 0.4) is 0 Å². The fourth-order valence-corrected chi connectivity index (χ4v) is 5.03. The number of hydrogen-bond acceptors (Lipinski definition) is 7. The standard InChI is InChI=1S/C21H18ClF2N5OS/c1-29-6-2-3-11(29)9-30-21-26-8-10-7-13(22)15(16(24)17(10)28-21)12-4-5-14(23)19-18(12)27-20(25)31-19/h4-5,7-8,11H,2-3,6,9H2,1H3,(H2,25,27)/t11-/m0/s1. The Morgan fingerprint density at radius 1 is 1.29 bits per heavy atom. The van der Waals surface area contributed by atoms with Gasteiger partial charge in [-0.05, 0) is 44.6 Å². The van der Waals surface area contributed by atoms with Crippen molar-refractivity contribution in [2.45, 2.75) is 18.9 Å². The quantitative estimate of drug-likeness (QED) is 0.466. The van der Waals surface area contributed by atoms with Gasteiger partial charge in [-0.1, -0.05) is 22.9 Å². The number of likely N-dealkylation sites (N-methyl/N-ethyl adjacent to an activating group) is 1. The summed E-state index contributed by atoms with van der Waals surface area (Å²) in [6.07, 6.45) is 3.64. The molecule has 31 heavy (non-hydrogen) atoms. The molecule has 1 aliphatic rings. The Labute approximate surface area is 185 Å². The van der Waals surface area contributed by atoms with Crippen LogP contribution in [0.5, 0.6) is 6.01 Å². The molecule has 0 saturated carbocycles. The lowest BCUT2D eigenvalue weighted by Crippen LogP contribution is -2.30. The molecule has 2 aromatic heterocycles. The van der Waals surface area contributed by atoms with Crippen LogP contribution in [0.25, 0.3) is 32.2 Å². The molecule has 6 nitrogen and oxygen atoms in total. The molecule has 2 N–H and O–H groups in total. The van der Waals surface area contributed by atoms with Crippen molar-refractivity contribution in [1.82, 2.24) is 19.9 Å². The second-order valence-electron chi connectivity index (χ2n) is 7.55. The van der Waals surface area contributed by atoms with E-state index < -0.39 is 11.6 Å². The summed E-state index contributed by atoms with van der Waals surface area (Å²) in [4.78, 5) is 14.9. The van der Waals surface area contributed by atoms with Crippen LogP contribution in [0.1, 0.15) is 12.8 Å². The zero-order valence-electron chi connectivity index (χ0n) is 16.5. The normalized spacial score (nSPS) is 17.1. The third-order valence-corrected chi connectivity index (χ3v) is 6.79. The van der Waals surface area contributed by atoms with Crippen molar-refractivity contribution in [3.05, 3.63) is 41.1 Å². The second kappa shape index (κ2) is 7.81. The number of ether oxygens (including phenoxy) is 1. The molecular formula is C21H18ClF2N5OS. The van der Waals surface area contributed by atoms with Gasteiger partial charge in [0.05, 0.1) is 15.2 Å². The molecule has 4 aromatic rings. The zero-order valence-corrected chi connectivity index (χ0v) is 18.1. The maximum Gasteiger partial charge on any atom is 0.317 e. The Morgan fingerprint density at radius 3 is 2.90 bits per heavy atom. The number of nitrogens with two attached hydrogens (primary N) is 1. The lowest BCUT2D eigenvalue weighted by molar-refractivity contribution is 0.188. The molecule has 1 atom stereocenters. The highest BCUT2D eigenvalue weighted by Crippen LogP contribution is 2.40. The van der Waals surface area contributed by atoms with Crippen LogP contribution in [0.4, 0.5) is 13.9 Å². The minimum atomic E-state index is -0.646. The van der Waals surface area contributed by atoms with Crippen molar-refractivity contribution in [2.24, 2.45) is 0 Å². The molecule has 2 aromatic carbocycles. The van der Waals surface area contributed by atoms with Crippen LogP contribution in [0, 0.1) is 11.6 Å². The number of thiazole rings is 1. The van der Waals surface area contributed by atoms with Crippen molar-refractivity contribution in [3.63, 3.8) is 0 Å². The summed E-state index contributed by atoms with van der Waals surface area (Å²) in [6, 6.07) is 4.66. The smallest absolute Gasteiger partial charge is 0.317 e. The third kappa shape index (κ3) is 3.56. The molecule has 0 spiro atoms. The first-order valence-corrected chi connectivity index (χ1v) is 10.9. The summed E-state index contributed by atoms with van der Waals surface area (Å²) in [5, 5.41) is 0.774. The molecule has 1 saturated heterocycles. The zero-order chi connectivity index (χ0) is 21.7. The molecular weight excluding hydrogens is 444 g/mol. The van der Waals surface area contributed by atoms with E-state index in [2.05, 4.69) is 19.9 Å². The van der Waals surface area contributed by atoms with Gasteiger partial charge in [-0.15, -0.1) is 0 Å². The van der Waals surface area contributed by atoms with Gasteiger partial charge < -0.3 is 15.4 Å². The number of nitrogen functional groups attached to an aromatic ring is 1. The number of benzene rings is 2. The lowest BCUT2D eigenvalue weighted by atomic mass is 10.0. The Kier molecular flexibility index (Phi) is 5.11. The summed E-state index contributed by atoms with van der Waals surface area (Å²) in [6.45, 7) is 1.46. The minimum absolute atomic E-state index is 0.0739. The molecule has 0 amide bonds. The first kappa shape index (κ1) is 20.3. The average Bonchev–Trinajstić information content (AvgIpc) is 3.34. The Morgan fingerprint density at radius 2 is 2.13 bits per heavy atom. The van der Waals surface area contributed by atoms with Crippen molar-refractivity contribution >= 4 is 49.2 Å². The Hall–Kier alpha value is -2.62. The van der Waals surface area contributed by atoms with Crippen molar-refractivity contribution < 1.29 is 13.5 Å². The number of fused-ring (bicyclic) bond motifs is 2. The van der Waals surface area contributed by atoms with E-state index in [-0.39, 0.29) is 43.5 Å². The topological polar surface area (TPSA) is 77.2 Å². The summed E-state index contributed by atoms with van der Waals surface area (Å²) in [5.74, 6) is -1.12. The van der Waals surface area contributed by atoms with Crippen molar-refractivity contribution in [2.75, 3.05) is 25.9 Å². The fourth-order valence-electron chi connectivity index (χ4n) is 3.96. The number of halogens is 3. The van der Waals surface area contributed by atoms with E-state index in [1.165, 1.54) is 18.3 Å². The fraction of sp³-hybridized carbons (Fsp3) is 0.286. The maximum atomic E-state index is 15.6. The predicted molar refractivity (Wildman–Crippen MR) is 119 cm³/mol. The SMILES string of the molecule is CN1CCC[C@H]1COc1ncc2cc(Cl)c(-c3ccc(F)c4sc(N)nc34)c(F)c2n1. The van der Waals surface area contributed by atoms with Crippen LogP contribution >= 0.6 is 22.9 Å². The van der Waals surface area contributed by atoms with Crippen LogP contribution in [-0.4, -0.2) is 46.1 Å². The highest BCUT2D eigenvalue weighted by Gasteiger charge is 2.23. The van der Waals surface area contributed by atoms with Gasteiger partial charge in [0, 0.05) is 28.8 Å². The number of nitrogens with zero attached hydrogens (tertiary/aromatic N) is 4. The summed E-state index contributed by atoms with van der Waals surface area (Å²) >= 11 is 7.41. The Balaban J connectivity index is 1.59. The first-order valence-electron chi connectivity index (χ1n) is 9.75. The monoisotopic (exact) mass is 461 g/mol. The van der Waals surface area contributed by atoms with Crippen LogP contribution in [-0.2, 0) is 0 Å². The van der Waals surface area contributed by atoms with Gasteiger partial charge in [0.1, 0.15) is 17.9 Å². The lowest BCUT2D eigenvalue weighted by Gasteiger charge is -2.19. The molecule has 0 radical (unpaired) electrons. The van der Waals surface area contributed by atoms with E-state index in [1.54, 1.807) is 6.07 Å². The number of aromatic nitrogens is 3. The predicted octanol–water partition coefficient (Wildman–Crippen LogP) is 4.89. The summed E-state index contributed by atoms with van der Waals surface area (Å²) in [5.41, 5.74) is 6.53. The van der Waals surface area contributed by atoms with E-state index in [4.69, 9.17) is 22.1 Å². The number of hydrogen-bond donors (Lipinski definition) is 1. The van der Waals surface area contributed by atoms with E-state index in [0.29, 0.717) is 17.6 Å². The van der Waals surface area contributed by atoms with Gasteiger partial charge in [-0.3, -0.25) is 0 Å².